The Labute approximate surface area is 181 Å². The lowest BCUT2D eigenvalue weighted by atomic mass is 9.98. The predicted octanol–water partition coefficient (Wildman–Crippen LogP) is 4.49. The van der Waals surface area contributed by atoms with E-state index in [4.69, 9.17) is 9.15 Å². The summed E-state index contributed by atoms with van der Waals surface area (Å²) in [6, 6.07) is 13.7. The van der Waals surface area contributed by atoms with Gasteiger partial charge in [0.15, 0.2) is 5.43 Å². The first-order chi connectivity index (χ1) is 15.1. The maximum atomic E-state index is 13.5. The van der Waals surface area contributed by atoms with Crippen LogP contribution >= 0.6 is 11.3 Å². The van der Waals surface area contributed by atoms with Crippen LogP contribution in [-0.4, -0.2) is 22.7 Å². The molecule has 5 rings (SSSR count). The van der Waals surface area contributed by atoms with E-state index in [1.54, 1.807) is 24.3 Å². The molecule has 8 heteroatoms. The second-order valence-corrected chi connectivity index (χ2v) is 8.43. The Morgan fingerprint density at radius 1 is 1.13 bits per heavy atom. The minimum atomic E-state index is -0.680. The topological polar surface area (TPSA) is 85.5 Å². The number of rotatable bonds is 5. The number of hydrogen-bond acceptors (Lipinski definition) is 7. The molecular formula is C23H19N3O4S. The number of benzene rings is 2. The van der Waals surface area contributed by atoms with Crippen LogP contribution in [0.25, 0.3) is 11.0 Å². The van der Waals surface area contributed by atoms with E-state index in [-0.39, 0.29) is 11.2 Å². The van der Waals surface area contributed by atoms with Crippen LogP contribution in [0.1, 0.15) is 46.1 Å². The number of hydrogen-bond donors (Lipinski definition) is 0. The maximum Gasteiger partial charge on any atom is 0.297 e. The second-order valence-electron chi connectivity index (χ2n) is 7.27. The number of aryl methyl sites for hydroxylation is 1. The minimum absolute atomic E-state index is 0.0430. The highest BCUT2D eigenvalue weighted by molar-refractivity contribution is 7.15. The van der Waals surface area contributed by atoms with Gasteiger partial charge in [0, 0.05) is 0 Å². The van der Waals surface area contributed by atoms with Crippen molar-refractivity contribution < 1.29 is 13.9 Å². The molecule has 0 unspecified atom stereocenters. The number of ether oxygens (including phenoxy) is 1. The number of anilines is 1. The molecule has 156 valence electrons. The van der Waals surface area contributed by atoms with Crippen molar-refractivity contribution in [1.82, 2.24) is 10.2 Å². The van der Waals surface area contributed by atoms with E-state index in [0.29, 0.717) is 34.0 Å². The fraction of sp³-hybridized carbons (Fsp3) is 0.217. The third kappa shape index (κ3) is 3.19. The van der Waals surface area contributed by atoms with Gasteiger partial charge < -0.3 is 9.15 Å². The Kier molecular flexibility index (Phi) is 4.78. The number of nitrogens with zero attached hydrogens (tertiary/aromatic N) is 3. The molecule has 0 bridgehead atoms. The van der Waals surface area contributed by atoms with Crippen molar-refractivity contribution >= 4 is 33.3 Å². The maximum absolute atomic E-state index is 13.5. The normalized spacial score (nSPS) is 15.5. The molecule has 0 aliphatic carbocycles. The Morgan fingerprint density at radius 2 is 1.97 bits per heavy atom. The van der Waals surface area contributed by atoms with Crippen LogP contribution in [0, 0.1) is 6.92 Å². The number of carbonyl (C=O) groups excluding carboxylic acids is 1. The number of amides is 1. The van der Waals surface area contributed by atoms with Crippen molar-refractivity contribution in [3.63, 3.8) is 0 Å². The summed E-state index contributed by atoms with van der Waals surface area (Å²) in [7, 11) is 0. The second kappa shape index (κ2) is 7.63. The molecule has 1 aliphatic heterocycles. The zero-order chi connectivity index (χ0) is 21.5. The lowest BCUT2D eigenvalue weighted by Crippen LogP contribution is -2.29. The number of aromatic nitrogens is 2. The van der Waals surface area contributed by atoms with E-state index in [2.05, 4.69) is 10.2 Å². The molecule has 1 aliphatic rings. The van der Waals surface area contributed by atoms with E-state index in [9.17, 15) is 9.59 Å². The van der Waals surface area contributed by atoms with Crippen LogP contribution in [0.5, 0.6) is 5.75 Å². The average Bonchev–Trinajstić information content (AvgIpc) is 3.33. The third-order valence-electron chi connectivity index (χ3n) is 5.15. The minimum Gasteiger partial charge on any atom is -0.494 e. The summed E-state index contributed by atoms with van der Waals surface area (Å²) in [5.41, 5.74) is 1.22. The highest BCUT2D eigenvalue weighted by Crippen LogP contribution is 2.42. The monoisotopic (exact) mass is 433 g/mol. The van der Waals surface area contributed by atoms with Crippen LogP contribution in [-0.2, 0) is 0 Å². The van der Waals surface area contributed by atoms with Crippen LogP contribution in [0.15, 0.2) is 57.7 Å². The molecule has 3 heterocycles. The van der Waals surface area contributed by atoms with Gasteiger partial charge in [0.25, 0.3) is 5.91 Å². The molecule has 1 amide bonds. The predicted molar refractivity (Wildman–Crippen MR) is 118 cm³/mol. The van der Waals surface area contributed by atoms with Gasteiger partial charge >= 0.3 is 0 Å². The first-order valence-electron chi connectivity index (χ1n) is 10.0. The molecule has 2 aromatic heterocycles. The molecule has 31 heavy (non-hydrogen) atoms. The van der Waals surface area contributed by atoms with Crippen LogP contribution in [0.4, 0.5) is 5.13 Å². The molecular weight excluding hydrogens is 414 g/mol. The molecule has 4 aromatic rings. The van der Waals surface area contributed by atoms with Crippen molar-refractivity contribution in [2.24, 2.45) is 0 Å². The summed E-state index contributed by atoms with van der Waals surface area (Å²) in [5.74, 6) is 0.319. The first kappa shape index (κ1) is 19.4. The first-order valence-corrected chi connectivity index (χ1v) is 10.8. The van der Waals surface area contributed by atoms with E-state index < -0.39 is 11.9 Å². The number of carbonyl (C=O) groups is 1. The van der Waals surface area contributed by atoms with Crippen LogP contribution in [0.3, 0.4) is 0 Å². The van der Waals surface area contributed by atoms with Crippen LogP contribution in [0.2, 0.25) is 0 Å². The Hall–Kier alpha value is -3.52. The van der Waals surface area contributed by atoms with Crippen molar-refractivity contribution in [1.29, 1.82) is 0 Å². The molecule has 0 spiro atoms. The summed E-state index contributed by atoms with van der Waals surface area (Å²) in [5, 5.41) is 9.82. The van der Waals surface area contributed by atoms with Gasteiger partial charge in [-0.2, -0.15) is 0 Å². The fourth-order valence-electron chi connectivity index (χ4n) is 3.81. The van der Waals surface area contributed by atoms with Crippen molar-refractivity contribution in [3.05, 3.63) is 80.6 Å². The highest BCUT2D eigenvalue weighted by atomic mass is 32.1. The summed E-state index contributed by atoms with van der Waals surface area (Å²) >= 11 is 1.29. The Balaban J connectivity index is 1.75. The number of fused-ring (bicyclic) bond motifs is 2. The summed E-state index contributed by atoms with van der Waals surface area (Å²) in [6.45, 7) is 4.43. The Bertz CT molecular complexity index is 1360. The summed E-state index contributed by atoms with van der Waals surface area (Å²) in [4.78, 5) is 28.4. The van der Waals surface area contributed by atoms with E-state index in [1.807, 2.05) is 38.1 Å². The van der Waals surface area contributed by atoms with E-state index >= 15 is 0 Å². The zero-order valence-corrected chi connectivity index (χ0v) is 17.8. The van der Waals surface area contributed by atoms with Gasteiger partial charge in [0.05, 0.1) is 23.6 Å². The highest BCUT2D eigenvalue weighted by Gasteiger charge is 2.45. The molecule has 0 saturated heterocycles. The van der Waals surface area contributed by atoms with E-state index in [1.165, 1.54) is 16.2 Å². The van der Waals surface area contributed by atoms with Gasteiger partial charge in [-0.05, 0) is 43.2 Å². The van der Waals surface area contributed by atoms with Gasteiger partial charge in [-0.25, -0.2) is 0 Å². The number of para-hydroxylation sites is 1. The van der Waals surface area contributed by atoms with Gasteiger partial charge in [-0.1, -0.05) is 42.5 Å². The molecule has 0 fully saturated rings. The molecule has 7 nitrogen and oxygen atoms in total. The summed E-state index contributed by atoms with van der Waals surface area (Å²) in [6.07, 6.45) is 0.876. The SMILES string of the molecule is CCCOc1cccc([C@H]2c3c(oc4ccccc4c3=O)C(=O)N2c2nnc(C)s2)c1. The lowest BCUT2D eigenvalue weighted by Gasteiger charge is -2.22. The molecule has 2 aromatic carbocycles. The lowest BCUT2D eigenvalue weighted by molar-refractivity contribution is 0.0970. The summed E-state index contributed by atoms with van der Waals surface area (Å²) < 4.78 is 11.7. The standard InChI is InChI=1S/C23H19N3O4S/c1-3-11-29-15-8-6-7-14(12-15)19-18-20(27)16-9-4-5-10-17(16)30-21(18)22(28)26(19)23-25-24-13(2)31-23/h4-10,12,19H,3,11H2,1-2H3/t19-/m0/s1. The Morgan fingerprint density at radius 3 is 2.74 bits per heavy atom. The molecule has 0 radical (unpaired) electrons. The van der Waals surface area contributed by atoms with Gasteiger partial charge in [0.2, 0.25) is 10.9 Å². The molecule has 0 saturated carbocycles. The van der Waals surface area contributed by atoms with Crippen molar-refractivity contribution in [3.8, 4) is 5.75 Å². The molecule has 0 N–H and O–H groups in total. The fourth-order valence-corrected chi connectivity index (χ4v) is 4.52. The smallest absolute Gasteiger partial charge is 0.297 e. The van der Waals surface area contributed by atoms with Crippen LogP contribution < -0.4 is 15.1 Å². The van der Waals surface area contributed by atoms with Gasteiger partial charge in [-0.3, -0.25) is 14.5 Å². The van der Waals surface area contributed by atoms with Gasteiger partial charge in [-0.15, -0.1) is 10.2 Å². The molecule has 1 atom stereocenters. The van der Waals surface area contributed by atoms with Crippen molar-refractivity contribution in [2.45, 2.75) is 26.3 Å². The third-order valence-corrected chi connectivity index (χ3v) is 5.98. The van der Waals surface area contributed by atoms with Crippen molar-refractivity contribution in [2.75, 3.05) is 11.5 Å². The quantitative estimate of drug-likeness (QED) is 0.461. The largest absolute Gasteiger partial charge is 0.494 e. The van der Waals surface area contributed by atoms with Gasteiger partial charge in [0.1, 0.15) is 16.3 Å². The van der Waals surface area contributed by atoms with E-state index in [0.717, 1.165) is 17.0 Å². The zero-order valence-electron chi connectivity index (χ0n) is 17.0. The average molecular weight is 433 g/mol.